The van der Waals surface area contributed by atoms with E-state index in [9.17, 15) is 5.11 Å². The van der Waals surface area contributed by atoms with E-state index in [0.717, 1.165) is 16.7 Å². The van der Waals surface area contributed by atoms with Crippen LogP contribution in [0.25, 0.3) is 0 Å². The fourth-order valence-corrected chi connectivity index (χ4v) is 1.13. The number of aryl methyl sites for hydroxylation is 2. The van der Waals surface area contributed by atoms with Gasteiger partial charge in [-0.2, -0.15) is 0 Å². The van der Waals surface area contributed by atoms with E-state index in [1.165, 1.54) is 6.20 Å². The molecule has 0 heterocycles. The lowest BCUT2D eigenvalue weighted by molar-refractivity contribution is 0.471. The van der Waals surface area contributed by atoms with Crippen molar-refractivity contribution in [1.82, 2.24) is 0 Å². The summed E-state index contributed by atoms with van der Waals surface area (Å²) in [6, 6.07) is 3.64. The maximum atomic E-state index is 9.44. The Balaban J connectivity index is 3.15. The van der Waals surface area contributed by atoms with E-state index in [1.54, 1.807) is 12.3 Å². The second kappa shape index (κ2) is 3.90. The minimum atomic E-state index is 0.302. The Kier molecular flexibility index (Phi) is 2.85. The summed E-state index contributed by atoms with van der Waals surface area (Å²) in [6.45, 7) is 7.34. The van der Waals surface area contributed by atoms with E-state index < -0.39 is 0 Å². The third-order valence-electron chi connectivity index (χ3n) is 1.90. The second-order valence-electron chi connectivity index (χ2n) is 2.96. The van der Waals surface area contributed by atoms with Crippen molar-refractivity contribution < 1.29 is 5.11 Å². The highest BCUT2D eigenvalue weighted by Crippen LogP contribution is 2.19. The Labute approximate surface area is 78.3 Å². The topological polar surface area (TPSA) is 32.6 Å². The molecule has 0 aliphatic carbocycles. The first-order valence-electron chi connectivity index (χ1n) is 4.09. The number of aromatic hydroxyl groups is 1. The fourth-order valence-electron chi connectivity index (χ4n) is 1.13. The number of hydrogen-bond donors (Lipinski definition) is 1. The number of nitrogens with zero attached hydrogens (tertiary/aromatic N) is 1. The highest BCUT2D eigenvalue weighted by atomic mass is 16.3. The summed E-state index contributed by atoms with van der Waals surface area (Å²) < 4.78 is 0. The van der Waals surface area contributed by atoms with E-state index in [-0.39, 0.29) is 0 Å². The normalized spacial score (nSPS) is 10.6. The molecule has 0 atom stereocenters. The monoisotopic (exact) mass is 175 g/mol. The first-order chi connectivity index (χ1) is 6.15. The molecule has 68 valence electrons. The average Bonchev–Trinajstić information content (AvgIpc) is 2.09. The van der Waals surface area contributed by atoms with Crippen LogP contribution in [0.15, 0.2) is 29.9 Å². The third kappa shape index (κ3) is 2.18. The van der Waals surface area contributed by atoms with Crippen LogP contribution in [-0.4, -0.2) is 11.3 Å². The zero-order valence-electron chi connectivity index (χ0n) is 7.91. The van der Waals surface area contributed by atoms with Gasteiger partial charge in [-0.25, -0.2) is 0 Å². The largest absolute Gasteiger partial charge is 0.508 e. The standard InChI is InChI=1S/C11H13NO/c1-4-12-7-10-6-11(13)9(3)5-8(10)2/h4-7,13H,1H2,2-3H3. The number of aliphatic imine (C=N–C) groups is 1. The summed E-state index contributed by atoms with van der Waals surface area (Å²) in [4.78, 5) is 3.90. The molecule has 0 saturated carbocycles. The summed E-state index contributed by atoms with van der Waals surface area (Å²) in [5, 5.41) is 9.44. The summed E-state index contributed by atoms with van der Waals surface area (Å²) in [6.07, 6.45) is 3.15. The van der Waals surface area contributed by atoms with Gasteiger partial charge in [0, 0.05) is 12.4 Å². The molecule has 1 rings (SSSR count). The van der Waals surface area contributed by atoms with Crippen LogP contribution < -0.4 is 0 Å². The molecule has 0 fully saturated rings. The van der Waals surface area contributed by atoms with Gasteiger partial charge in [0.05, 0.1) is 0 Å². The highest BCUT2D eigenvalue weighted by Gasteiger charge is 2.00. The maximum absolute atomic E-state index is 9.44. The van der Waals surface area contributed by atoms with Gasteiger partial charge in [-0.1, -0.05) is 12.6 Å². The molecular weight excluding hydrogens is 162 g/mol. The molecule has 0 bridgehead atoms. The fraction of sp³-hybridized carbons (Fsp3) is 0.182. The van der Waals surface area contributed by atoms with E-state index in [2.05, 4.69) is 11.6 Å². The first kappa shape index (κ1) is 9.52. The Hall–Kier alpha value is -1.57. The van der Waals surface area contributed by atoms with Crippen LogP contribution in [0.1, 0.15) is 16.7 Å². The lowest BCUT2D eigenvalue weighted by Crippen LogP contribution is -1.88. The molecule has 1 aromatic carbocycles. The molecule has 0 saturated heterocycles. The van der Waals surface area contributed by atoms with Crippen LogP contribution in [0.5, 0.6) is 5.75 Å². The molecule has 2 nitrogen and oxygen atoms in total. The molecule has 2 heteroatoms. The van der Waals surface area contributed by atoms with Gasteiger partial charge in [0.1, 0.15) is 5.75 Å². The summed E-state index contributed by atoms with van der Waals surface area (Å²) in [7, 11) is 0. The minimum Gasteiger partial charge on any atom is -0.508 e. The van der Waals surface area contributed by atoms with Crippen molar-refractivity contribution in [2.45, 2.75) is 13.8 Å². The van der Waals surface area contributed by atoms with Gasteiger partial charge in [0.15, 0.2) is 0 Å². The highest BCUT2D eigenvalue weighted by molar-refractivity contribution is 5.83. The van der Waals surface area contributed by atoms with Gasteiger partial charge < -0.3 is 5.11 Å². The van der Waals surface area contributed by atoms with Crippen LogP contribution >= 0.6 is 0 Å². The zero-order chi connectivity index (χ0) is 9.84. The molecule has 1 N–H and O–H groups in total. The van der Waals surface area contributed by atoms with Crippen LogP contribution in [0, 0.1) is 13.8 Å². The third-order valence-corrected chi connectivity index (χ3v) is 1.90. The van der Waals surface area contributed by atoms with Gasteiger partial charge in [0.25, 0.3) is 0 Å². The second-order valence-corrected chi connectivity index (χ2v) is 2.96. The van der Waals surface area contributed by atoms with Crippen molar-refractivity contribution in [2.24, 2.45) is 4.99 Å². The van der Waals surface area contributed by atoms with Crippen LogP contribution in [0.3, 0.4) is 0 Å². The average molecular weight is 175 g/mol. The van der Waals surface area contributed by atoms with E-state index in [4.69, 9.17) is 0 Å². The molecule has 13 heavy (non-hydrogen) atoms. The molecule has 0 aliphatic rings. The molecule has 0 unspecified atom stereocenters. The SMILES string of the molecule is C=CN=Cc1cc(O)c(C)cc1C. The maximum Gasteiger partial charge on any atom is 0.119 e. The number of hydrogen-bond acceptors (Lipinski definition) is 2. The van der Waals surface area contributed by atoms with Crippen molar-refractivity contribution >= 4 is 6.21 Å². The Bertz CT molecular complexity index is 353. The Morgan fingerprint density at radius 3 is 2.62 bits per heavy atom. The molecular formula is C11H13NO. The lowest BCUT2D eigenvalue weighted by atomic mass is 10.1. The van der Waals surface area contributed by atoms with Crippen LogP contribution in [-0.2, 0) is 0 Å². The van der Waals surface area contributed by atoms with Gasteiger partial charge in [-0.15, -0.1) is 0 Å². The molecule has 0 amide bonds. The molecule has 1 aromatic rings. The van der Waals surface area contributed by atoms with Crippen molar-refractivity contribution in [1.29, 1.82) is 0 Å². The van der Waals surface area contributed by atoms with Gasteiger partial charge in [-0.3, -0.25) is 4.99 Å². The van der Waals surface area contributed by atoms with E-state index >= 15 is 0 Å². The summed E-state index contributed by atoms with van der Waals surface area (Å²) in [5.74, 6) is 0.302. The predicted molar refractivity (Wildman–Crippen MR) is 55.4 cm³/mol. The Morgan fingerprint density at radius 2 is 2.00 bits per heavy atom. The summed E-state index contributed by atoms with van der Waals surface area (Å²) >= 11 is 0. The van der Waals surface area contributed by atoms with Crippen molar-refractivity contribution in [3.63, 3.8) is 0 Å². The van der Waals surface area contributed by atoms with Gasteiger partial charge >= 0.3 is 0 Å². The minimum absolute atomic E-state index is 0.302. The van der Waals surface area contributed by atoms with E-state index in [0.29, 0.717) is 5.75 Å². The van der Waals surface area contributed by atoms with Crippen LogP contribution in [0.2, 0.25) is 0 Å². The number of benzene rings is 1. The van der Waals surface area contributed by atoms with Crippen molar-refractivity contribution in [3.8, 4) is 5.75 Å². The quantitative estimate of drug-likeness (QED) is 0.688. The van der Waals surface area contributed by atoms with Crippen molar-refractivity contribution in [3.05, 3.63) is 41.6 Å². The molecule has 0 spiro atoms. The summed E-state index contributed by atoms with van der Waals surface area (Å²) in [5.41, 5.74) is 2.90. The van der Waals surface area contributed by atoms with Gasteiger partial charge in [0.2, 0.25) is 0 Å². The van der Waals surface area contributed by atoms with Crippen molar-refractivity contribution in [2.75, 3.05) is 0 Å². The number of phenols is 1. The first-order valence-corrected chi connectivity index (χ1v) is 4.09. The number of phenolic OH excluding ortho intramolecular Hbond substituents is 1. The number of rotatable bonds is 2. The zero-order valence-corrected chi connectivity index (χ0v) is 7.91. The van der Waals surface area contributed by atoms with Crippen LogP contribution in [0.4, 0.5) is 0 Å². The Morgan fingerprint density at radius 1 is 1.31 bits per heavy atom. The molecule has 0 radical (unpaired) electrons. The molecule has 0 aromatic heterocycles. The van der Waals surface area contributed by atoms with Gasteiger partial charge in [-0.05, 0) is 36.6 Å². The molecule has 0 aliphatic heterocycles. The predicted octanol–water partition coefficient (Wildman–Crippen LogP) is 2.57. The lowest BCUT2D eigenvalue weighted by Gasteiger charge is -2.03. The smallest absolute Gasteiger partial charge is 0.119 e. The van der Waals surface area contributed by atoms with E-state index in [1.807, 2.05) is 19.9 Å².